The van der Waals surface area contributed by atoms with E-state index in [1.807, 2.05) is 12.1 Å². The molecule has 30 heavy (non-hydrogen) atoms. The predicted molar refractivity (Wildman–Crippen MR) is 117 cm³/mol. The molecule has 1 amide bonds. The standard InChI is InChI=1S/C20H25N7O2S/c1-13-8-14(25-30(2,3)29)12-26(11-13)15-6-7-22-17(9-15)18-10-23-19-5-4-16(20(21)28)24-27(18)19/h4-7,9-10,13-14H,8,11-12H2,1-3H3,(H2,21,28). The van der Waals surface area contributed by atoms with Gasteiger partial charge in [0, 0.05) is 47.2 Å². The van der Waals surface area contributed by atoms with Crippen molar-refractivity contribution in [2.24, 2.45) is 16.0 Å². The Morgan fingerprint density at radius 2 is 2.03 bits per heavy atom. The van der Waals surface area contributed by atoms with E-state index in [-0.39, 0.29) is 11.7 Å². The molecule has 2 atom stereocenters. The lowest BCUT2D eigenvalue weighted by atomic mass is 9.96. The number of nitrogens with zero attached hydrogens (tertiary/aromatic N) is 6. The average molecular weight is 428 g/mol. The van der Waals surface area contributed by atoms with Crippen LogP contribution in [0.5, 0.6) is 0 Å². The van der Waals surface area contributed by atoms with Crippen molar-refractivity contribution in [3.05, 3.63) is 42.4 Å². The first-order valence-electron chi connectivity index (χ1n) is 9.72. The highest BCUT2D eigenvalue weighted by atomic mass is 32.2. The molecule has 2 unspecified atom stereocenters. The summed E-state index contributed by atoms with van der Waals surface area (Å²) in [6.07, 6.45) is 7.72. The Bertz CT molecular complexity index is 1220. The van der Waals surface area contributed by atoms with Gasteiger partial charge in [-0.1, -0.05) is 6.92 Å². The van der Waals surface area contributed by atoms with Crippen LogP contribution in [-0.2, 0) is 9.73 Å². The summed E-state index contributed by atoms with van der Waals surface area (Å²) in [6, 6.07) is 7.22. The lowest BCUT2D eigenvalue weighted by Gasteiger charge is -2.36. The molecule has 158 valence electrons. The molecule has 10 heteroatoms. The number of aromatic nitrogens is 4. The van der Waals surface area contributed by atoms with Gasteiger partial charge in [-0.2, -0.15) is 5.10 Å². The van der Waals surface area contributed by atoms with E-state index in [1.54, 1.807) is 41.6 Å². The Labute approximate surface area is 175 Å². The van der Waals surface area contributed by atoms with Gasteiger partial charge in [0.1, 0.15) is 11.4 Å². The van der Waals surface area contributed by atoms with E-state index in [1.165, 1.54) is 0 Å². The molecule has 1 saturated heterocycles. The van der Waals surface area contributed by atoms with Gasteiger partial charge in [0.05, 0.1) is 17.9 Å². The number of hydrogen-bond acceptors (Lipinski definition) is 7. The van der Waals surface area contributed by atoms with Crippen molar-refractivity contribution in [1.82, 2.24) is 19.6 Å². The molecule has 2 N–H and O–H groups in total. The third kappa shape index (κ3) is 4.28. The molecule has 0 spiro atoms. The zero-order chi connectivity index (χ0) is 21.5. The molecule has 0 bridgehead atoms. The maximum Gasteiger partial charge on any atom is 0.269 e. The van der Waals surface area contributed by atoms with Crippen molar-refractivity contribution in [1.29, 1.82) is 0 Å². The van der Waals surface area contributed by atoms with Crippen LogP contribution >= 0.6 is 0 Å². The zero-order valence-corrected chi connectivity index (χ0v) is 18.0. The van der Waals surface area contributed by atoms with E-state index >= 15 is 0 Å². The Morgan fingerprint density at radius 1 is 1.23 bits per heavy atom. The van der Waals surface area contributed by atoms with Crippen molar-refractivity contribution < 1.29 is 9.00 Å². The molecule has 0 aromatic carbocycles. The van der Waals surface area contributed by atoms with E-state index in [0.29, 0.717) is 29.5 Å². The highest BCUT2D eigenvalue weighted by molar-refractivity contribution is 7.92. The fourth-order valence-corrected chi connectivity index (χ4v) is 4.77. The van der Waals surface area contributed by atoms with E-state index in [2.05, 4.69) is 31.3 Å². The minimum Gasteiger partial charge on any atom is -0.369 e. The van der Waals surface area contributed by atoms with Crippen LogP contribution in [0.3, 0.4) is 0 Å². The second kappa shape index (κ2) is 7.67. The fraction of sp³-hybridized carbons (Fsp3) is 0.400. The monoisotopic (exact) mass is 427 g/mol. The number of fused-ring (bicyclic) bond motifs is 1. The molecule has 0 aliphatic carbocycles. The van der Waals surface area contributed by atoms with Crippen molar-refractivity contribution >= 4 is 27.0 Å². The Morgan fingerprint density at radius 3 is 2.77 bits per heavy atom. The molecule has 0 radical (unpaired) electrons. The number of pyridine rings is 1. The number of hydrogen-bond donors (Lipinski definition) is 1. The largest absolute Gasteiger partial charge is 0.369 e. The number of carbonyl (C=O) groups excluding carboxylic acids is 1. The highest BCUT2D eigenvalue weighted by Crippen LogP contribution is 2.28. The molecule has 1 aliphatic rings. The number of piperidine rings is 1. The van der Waals surface area contributed by atoms with E-state index in [9.17, 15) is 9.00 Å². The van der Waals surface area contributed by atoms with Crippen molar-refractivity contribution in [3.8, 4) is 11.4 Å². The minimum atomic E-state index is -2.15. The Hall–Kier alpha value is -3.01. The van der Waals surface area contributed by atoms with Crippen LogP contribution in [0, 0.1) is 5.92 Å². The van der Waals surface area contributed by atoms with Crippen LogP contribution in [0.2, 0.25) is 0 Å². The second-order valence-electron chi connectivity index (χ2n) is 8.08. The van der Waals surface area contributed by atoms with Crippen LogP contribution in [0.4, 0.5) is 5.69 Å². The molecule has 3 aromatic rings. The van der Waals surface area contributed by atoms with Crippen molar-refractivity contribution in [2.45, 2.75) is 19.4 Å². The predicted octanol–water partition coefficient (Wildman–Crippen LogP) is 1.83. The third-order valence-corrected chi connectivity index (χ3v) is 5.83. The first-order chi connectivity index (χ1) is 14.2. The van der Waals surface area contributed by atoms with Crippen LogP contribution in [-0.4, -0.2) is 61.3 Å². The van der Waals surface area contributed by atoms with Gasteiger partial charge in [-0.15, -0.1) is 0 Å². The third-order valence-electron chi connectivity index (χ3n) is 5.03. The zero-order valence-electron chi connectivity index (χ0n) is 17.2. The molecule has 4 rings (SSSR count). The number of nitrogens with two attached hydrogens (primary N) is 1. The Kier molecular flexibility index (Phi) is 5.19. The van der Waals surface area contributed by atoms with Gasteiger partial charge in [0.25, 0.3) is 5.91 Å². The molecule has 1 aliphatic heterocycles. The average Bonchev–Trinajstić information content (AvgIpc) is 3.09. The van der Waals surface area contributed by atoms with Gasteiger partial charge < -0.3 is 10.6 Å². The maximum absolute atomic E-state index is 12.2. The van der Waals surface area contributed by atoms with Crippen molar-refractivity contribution in [3.63, 3.8) is 0 Å². The fourth-order valence-electron chi connectivity index (χ4n) is 3.90. The van der Waals surface area contributed by atoms with E-state index in [0.717, 1.165) is 18.7 Å². The minimum absolute atomic E-state index is 0.0310. The lowest BCUT2D eigenvalue weighted by molar-refractivity contribution is 0.0994. The smallest absolute Gasteiger partial charge is 0.269 e. The Balaban J connectivity index is 1.69. The summed E-state index contributed by atoms with van der Waals surface area (Å²) in [4.78, 5) is 22.6. The SMILES string of the molecule is CC1CC(N=S(C)(C)=O)CN(c2ccnc(-c3cnc4ccc(C(N)=O)nn34)c2)C1. The summed E-state index contributed by atoms with van der Waals surface area (Å²) in [7, 11) is -2.15. The van der Waals surface area contributed by atoms with E-state index in [4.69, 9.17) is 5.73 Å². The number of amides is 1. The topological polar surface area (TPSA) is 119 Å². The van der Waals surface area contributed by atoms with Gasteiger partial charge in [-0.3, -0.25) is 14.0 Å². The molecular weight excluding hydrogens is 402 g/mol. The number of carbonyl (C=O) groups is 1. The normalized spacial score (nSPS) is 19.8. The second-order valence-corrected chi connectivity index (χ2v) is 10.7. The molecule has 3 aromatic heterocycles. The summed E-state index contributed by atoms with van der Waals surface area (Å²) in [5.74, 6) is -0.166. The summed E-state index contributed by atoms with van der Waals surface area (Å²) in [6.45, 7) is 3.79. The van der Waals surface area contributed by atoms with Crippen LogP contribution < -0.4 is 10.6 Å². The summed E-state index contributed by atoms with van der Waals surface area (Å²) >= 11 is 0. The lowest BCUT2D eigenvalue weighted by Crippen LogP contribution is -2.42. The molecule has 1 fully saturated rings. The van der Waals surface area contributed by atoms with Gasteiger partial charge in [-0.25, -0.2) is 13.9 Å². The quantitative estimate of drug-likeness (QED) is 0.678. The van der Waals surface area contributed by atoms with Gasteiger partial charge >= 0.3 is 0 Å². The van der Waals surface area contributed by atoms with Gasteiger partial charge in [0.15, 0.2) is 5.65 Å². The summed E-state index contributed by atoms with van der Waals surface area (Å²) < 4.78 is 18.3. The van der Waals surface area contributed by atoms with E-state index < -0.39 is 15.6 Å². The maximum atomic E-state index is 12.2. The number of anilines is 1. The summed E-state index contributed by atoms with van der Waals surface area (Å²) in [5, 5.41) is 4.30. The van der Waals surface area contributed by atoms with Gasteiger partial charge in [-0.05, 0) is 36.6 Å². The number of primary amides is 1. The molecule has 9 nitrogen and oxygen atoms in total. The molecule has 0 saturated carbocycles. The number of imidazole rings is 1. The molecule has 4 heterocycles. The van der Waals surface area contributed by atoms with Crippen LogP contribution in [0.1, 0.15) is 23.8 Å². The van der Waals surface area contributed by atoms with Crippen LogP contribution in [0.15, 0.2) is 41.0 Å². The van der Waals surface area contributed by atoms with Crippen molar-refractivity contribution in [2.75, 3.05) is 30.5 Å². The first kappa shape index (κ1) is 20.3. The summed E-state index contributed by atoms with van der Waals surface area (Å²) in [5.41, 5.74) is 8.50. The highest BCUT2D eigenvalue weighted by Gasteiger charge is 2.26. The number of rotatable bonds is 4. The van der Waals surface area contributed by atoms with Crippen LogP contribution in [0.25, 0.3) is 17.0 Å². The first-order valence-corrected chi connectivity index (χ1v) is 12.0. The molecular formula is C20H25N7O2S. The van der Waals surface area contributed by atoms with Gasteiger partial charge in [0.2, 0.25) is 0 Å².